The molecular formula is C30H51N5O5. The van der Waals surface area contributed by atoms with E-state index in [1.807, 2.05) is 27.7 Å². The minimum absolute atomic E-state index is 0.0475. The Labute approximate surface area is 239 Å². The molecule has 40 heavy (non-hydrogen) atoms. The molecule has 3 aliphatic rings. The first-order valence-electron chi connectivity index (χ1n) is 15.4. The Hall–Kier alpha value is -2.65. The number of carbonyl (C=O) groups excluding carboxylic acids is 5. The molecule has 2 aliphatic carbocycles. The lowest BCUT2D eigenvalue weighted by atomic mass is 9.80. The lowest BCUT2D eigenvalue weighted by Gasteiger charge is -2.39. The van der Waals surface area contributed by atoms with Gasteiger partial charge in [0.05, 0.1) is 6.04 Å². The van der Waals surface area contributed by atoms with Crippen molar-refractivity contribution < 1.29 is 24.0 Å². The third-order valence-corrected chi connectivity index (χ3v) is 8.71. The number of carbonyl (C=O) groups is 5. The number of nitrogens with one attached hydrogen (secondary N) is 4. The molecular weight excluding hydrogens is 510 g/mol. The van der Waals surface area contributed by atoms with Gasteiger partial charge in [-0.2, -0.15) is 0 Å². The van der Waals surface area contributed by atoms with Crippen molar-refractivity contribution in [3.05, 3.63) is 0 Å². The van der Waals surface area contributed by atoms with Crippen LogP contribution in [0.25, 0.3) is 0 Å². The van der Waals surface area contributed by atoms with Crippen LogP contribution in [0.3, 0.4) is 0 Å². The largest absolute Gasteiger partial charge is 0.347 e. The number of likely N-dealkylation sites (tertiary alicyclic amines) is 1. The maximum atomic E-state index is 13.9. The average molecular weight is 562 g/mol. The number of hydrogen-bond acceptors (Lipinski definition) is 5. The van der Waals surface area contributed by atoms with Crippen LogP contribution in [0.5, 0.6) is 0 Å². The molecule has 5 amide bonds. The highest BCUT2D eigenvalue weighted by molar-refractivity contribution is 6.38. The van der Waals surface area contributed by atoms with Crippen LogP contribution in [-0.4, -0.2) is 70.7 Å². The molecule has 10 nitrogen and oxygen atoms in total. The van der Waals surface area contributed by atoms with Crippen molar-refractivity contribution in [1.29, 1.82) is 0 Å². The fourth-order valence-corrected chi connectivity index (χ4v) is 5.91. The van der Waals surface area contributed by atoms with E-state index in [4.69, 9.17) is 0 Å². The van der Waals surface area contributed by atoms with Crippen molar-refractivity contribution >= 4 is 29.5 Å². The third-order valence-electron chi connectivity index (χ3n) is 8.71. The lowest BCUT2D eigenvalue weighted by molar-refractivity contribution is -0.143. The van der Waals surface area contributed by atoms with Crippen molar-refractivity contribution in [2.45, 2.75) is 148 Å². The SMILES string of the molecule is CCCC[C@H](NC(=O)[C@@H]1CCCN1C(=O)[C@@H](NC(=O)NC1(CC)CCCCC1)C(C)(C)C)C(=O)C(=O)NC1CC1. The normalized spacial score (nSPS) is 22.1. The average Bonchev–Trinajstić information content (AvgIpc) is 3.59. The molecule has 0 unspecified atom stereocenters. The lowest BCUT2D eigenvalue weighted by Crippen LogP contribution is -2.62. The van der Waals surface area contributed by atoms with Crippen molar-refractivity contribution in [3.63, 3.8) is 0 Å². The minimum atomic E-state index is -0.924. The molecule has 3 fully saturated rings. The predicted octanol–water partition coefficient (Wildman–Crippen LogP) is 3.33. The summed E-state index contributed by atoms with van der Waals surface area (Å²) in [6.07, 6.45) is 10.7. The molecule has 226 valence electrons. The van der Waals surface area contributed by atoms with Crippen molar-refractivity contribution in [2.75, 3.05) is 6.54 Å². The fraction of sp³-hybridized carbons (Fsp3) is 0.833. The van der Waals surface area contributed by atoms with Gasteiger partial charge in [0.25, 0.3) is 5.91 Å². The number of rotatable bonds is 12. The number of Topliss-reactive ketones (excluding diaryl/α,β-unsaturated/α-hetero) is 1. The van der Waals surface area contributed by atoms with Gasteiger partial charge in [0.15, 0.2) is 0 Å². The van der Waals surface area contributed by atoms with Crippen molar-refractivity contribution in [3.8, 4) is 0 Å². The van der Waals surface area contributed by atoms with Gasteiger partial charge in [-0.3, -0.25) is 19.2 Å². The Balaban J connectivity index is 1.69. The smallest absolute Gasteiger partial charge is 0.315 e. The van der Waals surface area contributed by atoms with Crippen LogP contribution in [0.4, 0.5) is 4.79 Å². The van der Waals surface area contributed by atoms with Crippen LogP contribution in [-0.2, 0) is 19.2 Å². The van der Waals surface area contributed by atoms with Gasteiger partial charge in [0.1, 0.15) is 12.1 Å². The zero-order chi connectivity index (χ0) is 29.5. The van der Waals surface area contributed by atoms with E-state index in [1.165, 1.54) is 11.3 Å². The second kappa shape index (κ2) is 13.8. The first-order valence-corrected chi connectivity index (χ1v) is 15.4. The molecule has 0 radical (unpaired) electrons. The predicted molar refractivity (Wildman–Crippen MR) is 153 cm³/mol. The summed E-state index contributed by atoms with van der Waals surface area (Å²) in [6, 6.07) is -2.83. The molecule has 3 atom stereocenters. The van der Waals surface area contributed by atoms with E-state index in [0.717, 1.165) is 51.4 Å². The molecule has 10 heteroatoms. The Morgan fingerprint density at radius 1 is 0.925 bits per heavy atom. The quantitative estimate of drug-likeness (QED) is 0.271. The molecule has 0 spiro atoms. The Morgan fingerprint density at radius 3 is 2.17 bits per heavy atom. The van der Waals surface area contributed by atoms with Gasteiger partial charge in [0.2, 0.25) is 17.6 Å². The third kappa shape index (κ3) is 8.43. The maximum Gasteiger partial charge on any atom is 0.315 e. The molecule has 4 N–H and O–H groups in total. The minimum Gasteiger partial charge on any atom is -0.347 e. The number of nitrogens with zero attached hydrogens (tertiary/aromatic N) is 1. The first-order chi connectivity index (χ1) is 18.9. The van der Waals surface area contributed by atoms with Gasteiger partial charge in [-0.05, 0) is 56.8 Å². The molecule has 1 heterocycles. The van der Waals surface area contributed by atoms with Gasteiger partial charge in [-0.25, -0.2) is 4.79 Å². The van der Waals surface area contributed by atoms with Gasteiger partial charge >= 0.3 is 6.03 Å². The van der Waals surface area contributed by atoms with E-state index >= 15 is 0 Å². The monoisotopic (exact) mass is 561 g/mol. The van der Waals surface area contributed by atoms with E-state index in [0.29, 0.717) is 32.2 Å². The van der Waals surface area contributed by atoms with Crippen LogP contribution in [0.15, 0.2) is 0 Å². The highest BCUT2D eigenvalue weighted by atomic mass is 16.2. The Kier molecular flexibility index (Phi) is 11.0. The van der Waals surface area contributed by atoms with Crippen molar-refractivity contribution in [2.24, 2.45) is 5.41 Å². The van der Waals surface area contributed by atoms with Gasteiger partial charge in [-0.15, -0.1) is 0 Å². The topological polar surface area (TPSA) is 137 Å². The van der Waals surface area contributed by atoms with Gasteiger partial charge in [0, 0.05) is 18.1 Å². The molecule has 1 aliphatic heterocycles. The second-order valence-corrected chi connectivity index (χ2v) is 13.1. The summed E-state index contributed by atoms with van der Waals surface area (Å²) in [7, 11) is 0. The van der Waals surface area contributed by atoms with Gasteiger partial charge in [-0.1, -0.05) is 66.7 Å². The number of amides is 5. The maximum absolute atomic E-state index is 13.9. The number of ketones is 1. The molecule has 1 saturated heterocycles. The summed E-state index contributed by atoms with van der Waals surface area (Å²) in [4.78, 5) is 67.4. The number of urea groups is 1. The van der Waals surface area contributed by atoms with E-state index in [-0.39, 0.29) is 23.5 Å². The first kappa shape index (κ1) is 31.9. The molecule has 0 aromatic heterocycles. The zero-order valence-corrected chi connectivity index (χ0v) is 25.2. The van der Waals surface area contributed by atoms with E-state index in [2.05, 4.69) is 28.2 Å². The van der Waals surface area contributed by atoms with Crippen molar-refractivity contribution in [1.82, 2.24) is 26.2 Å². The van der Waals surface area contributed by atoms with E-state index < -0.39 is 41.1 Å². The number of hydrogen-bond donors (Lipinski definition) is 4. The molecule has 0 bridgehead atoms. The van der Waals surface area contributed by atoms with E-state index in [1.54, 1.807) is 0 Å². The van der Waals surface area contributed by atoms with Crippen LogP contribution >= 0.6 is 0 Å². The summed E-state index contributed by atoms with van der Waals surface area (Å²) < 4.78 is 0. The van der Waals surface area contributed by atoms with Crippen LogP contribution in [0, 0.1) is 5.41 Å². The van der Waals surface area contributed by atoms with Crippen LogP contribution < -0.4 is 21.3 Å². The van der Waals surface area contributed by atoms with Crippen LogP contribution in [0.1, 0.15) is 118 Å². The Morgan fingerprint density at radius 2 is 1.60 bits per heavy atom. The summed E-state index contributed by atoms with van der Waals surface area (Å²) >= 11 is 0. The fourth-order valence-electron chi connectivity index (χ4n) is 5.91. The highest BCUT2D eigenvalue weighted by Crippen LogP contribution is 2.31. The molecule has 2 saturated carbocycles. The standard InChI is InChI=1S/C30H51N5O5/c1-6-8-13-21(23(36)26(38)31-20-15-16-20)32-25(37)22-14-12-19-35(22)27(39)24(29(3,4)5)33-28(40)34-30(7-2)17-10-9-11-18-30/h20-22,24H,6-19H2,1-5H3,(H,31,38)(H,32,37)(H2,33,34,40)/t21-,22-,24+/m0/s1. The summed E-state index contributed by atoms with van der Waals surface area (Å²) in [5.74, 6) is -2.03. The summed E-state index contributed by atoms with van der Waals surface area (Å²) in [6.45, 7) is 10.2. The highest BCUT2D eigenvalue weighted by Gasteiger charge is 2.43. The van der Waals surface area contributed by atoms with E-state index in [9.17, 15) is 24.0 Å². The molecule has 0 aromatic rings. The number of unbranched alkanes of at least 4 members (excludes halogenated alkanes) is 1. The molecule has 3 rings (SSSR count). The molecule has 0 aromatic carbocycles. The van der Waals surface area contributed by atoms with Crippen LogP contribution in [0.2, 0.25) is 0 Å². The second-order valence-electron chi connectivity index (χ2n) is 13.1. The Bertz CT molecular complexity index is 935. The van der Waals surface area contributed by atoms with Gasteiger partial charge < -0.3 is 26.2 Å². The zero-order valence-electron chi connectivity index (χ0n) is 25.2. The summed E-state index contributed by atoms with van der Waals surface area (Å²) in [5.41, 5.74) is -0.847. The summed E-state index contributed by atoms with van der Waals surface area (Å²) in [5, 5.41) is 11.6.